The van der Waals surface area contributed by atoms with Gasteiger partial charge in [0.25, 0.3) is 0 Å². The van der Waals surface area contributed by atoms with Crippen LogP contribution < -0.4 is 10.7 Å². The molecule has 2 aliphatic rings. The summed E-state index contributed by atoms with van der Waals surface area (Å²) in [5.41, 5.74) is 3.82. The summed E-state index contributed by atoms with van der Waals surface area (Å²) in [5.74, 6) is 5.22. The third kappa shape index (κ3) is 8.65. The molecule has 192 valence electrons. The summed E-state index contributed by atoms with van der Waals surface area (Å²) in [6, 6.07) is 13.9. The average Bonchev–Trinajstić information content (AvgIpc) is 2.89. The summed E-state index contributed by atoms with van der Waals surface area (Å²) in [6.07, 6.45) is 20.9. The lowest BCUT2D eigenvalue weighted by Crippen LogP contribution is -2.12. The van der Waals surface area contributed by atoms with E-state index in [4.69, 9.17) is 12.8 Å². The maximum absolute atomic E-state index is 12.4. The number of benzene rings is 2. The van der Waals surface area contributed by atoms with E-state index in [1.165, 1.54) is 0 Å². The number of aryl methyl sites for hydroxylation is 1. The number of amides is 2. The van der Waals surface area contributed by atoms with E-state index in [1.807, 2.05) is 43.4 Å². The third-order valence-corrected chi connectivity index (χ3v) is 6.55. The van der Waals surface area contributed by atoms with Crippen molar-refractivity contribution < 1.29 is 9.59 Å². The Morgan fingerprint density at radius 3 is 2.22 bits per heavy atom. The maximum atomic E-state index is 12.4. The van der Waals surface area contributed by atoms with Gasteiger partial charge in [0.05, 0.1) is 16.6 Å². The average molecular weight is 496 g/mol. The van der Waals surface area contributed by atoms with E-state index in [0.29, 0.717) is 18.2 Å². The number of aromatic nitrogens is 1. The minimum atomic E-state index is -0.0965. The molecule has 2 amide bonds. The molecule has 0 saturated heterocycles. The lowest BCUT2D eigenvalue weighted by Gasteiger charge is -2.16. The number of rotatable bonds is 13. The summed E-state index contributed by atoms with van der Waals surface area (Å²) in [5, 5.41) is 4.76. The van der Waals surface area contributed by atoms with Crippen LogP contribution in [0.1, 0.15) is 77.0 Å². The van der Waals surface area contributed by atoms with Crippen LogP contribution in [0.25, 0.3) is 22.2 Å². The number of unbranched alkanes of at least 4 members (excludes halogenated alkanes) is 8. The van der Waals surface area contributed by atoms with Crippen molar-refractivity contribution in [2.24, 2.45) is 12.0 Å². The van der Waals surface area contributed by atoms with Crippen LogP contribution in [0.2, 0.25) is 0 Å². The SMILES string of the molecule is C#CCCCCCCC(=O)N=c1ccc2cc3ccc(NC(=O)CCCCCCC#C)cc3n(C)c-2c1. The van der Waals surface area contributed by atoms with Crippen molar-refractivity contribution >= 4 is 28.4 Å². The number of nitrogens with one attached hydrogen (secondary N) is 1. The first-order chi connectivity index (χ1) is 18.0. The fraction of sp³-hybridized carbons (Fsp3) is 0.406. The van der Waals surface area contributed by atoms with Gasteiger partial charge in [-0.15, -0.1) is 24.7 Å². The first-order valence-corrected chi connectivity index (χ1v) is 13.3. The highest BCUT2D eigenvalue weighted by molar-refractivity contribution is 5.95. The van der Waals surface area contributed by atoms with Gasteiger partial charge >= 0.3 is 0 Å². The molecule has 0 bridgehead atoms. The minimum Gasteiger partial charge on any atom is -0.344 e. The molecule has 1 aromatic carbocycles. The number of hydrogen-bond donors (Lipinski definition) is 1. The third-order valence-electron chi connectivity index (χ3n) is 6.55. The van der Waals surface area contributed by atoms with E-state index in [1.54, 1.807) is 0 Å². The summed E-state index contributed by atoms with van der Waals surface area (Å²) in [4.78, 5) is 29.1. The van der Waals surface area contributed by atoms with Gasteiger partial charge in [-0.3, -0.25) is 9.59 Å². The first kappa shape index (κ1) is 27.8. The first-order valence-electron chi connectivity index (χ1n) is 13.3. The molecular formula is C32H37N3O2. The van der Waals surface area contributed by atoms with Crippen molar-refractivity contribution in [3.05, 3.63) is 47.8 Å². The van der Waals surface area contributed by atoms with Gasteiger partial charge in [-0.1, -0.05) is 37.8 Å². The summed E-state index contributed by atoms with van der Waals surface area (Å²) < 4.78 is 2.08. The zero-order valence-electron chi connectivity index (χ0n) is 21.9. The van der Waals surface area contributed by atoms with Crippen LogP contribution in [-0.2, 0) is 16.6 Å². The Kier molecular flexibility index (Phi) is 11.0. The van der Waals surface area contributed by atoms with Gasteiger partial charge in [0.1, 0.15) is 0 Å². The molecule has 1 aliphatic carbocycles. The lowest BCUT2D eigenvalue weighted by molar-refractivity contribution is -0.118. The Labute approximate surface area is 220 Å². The summed E-state index contributed by atoms with van der Waals surface area (Å²) >= 11 is 0. The van der Waals surface area contributed by atoms with Gasteiger partial charge in [0, 0.05) is 38.4 Å². The molecule has 0 radical (unpaired) electrons. The quantitative estimate of drug-likeness (QED) is 0.165. The predicted octanol–water partition coefficient (Wildman–Crippen LogP) is 6.60. The van der Waals surface area contributed by atoms with E-state index in [9.17, 15) is 9.59 Å². The molecule has 1 heterocycles. The van der Waals surface area contributed by atoms with Crippen molar-refractivity contribution in [3.63, 3.8) is 0 Å². The Balaban J connectivity index is 1.68. The Morgan fingerprint density at radius 1 is 0.838 bits per heavy atom. The van der Waals surface area contributed by atoms with Crippen LogP contribution in [-0.4, -0.2) is 16.4 Å². The van der Waals surface area contributed by atoms with Crippen molar-refractivity contribution in [3.8, 4) is 35.9 Å². The molecule has 3 rings (SSSR count). The smallest absolute Gasteiger partial charge is 0.246 e. The van der Waals surface area contributed by atoms with Crippen LogP contribution >= 0.6 is 0 Å². The number of fused-ring (bicyclic) bond motifs is 2. The molecule has 0 saturated carbocycles. The number of hydrogen-bond acceptors (Lipinski definition) is 2. The number of carbonyl (C=O) groups excluding carboxylic acids is 2. The molecule has 1 N–H and O–H groups in total. The molecule has 0 atom stereocenters. The largest absolute Gasteiger partial charge is 0.344 e. The van der Waals surface area contributed by atoms with Gasteiger partial charge in [-0.25, -0.2) is 4.99 Å². The molecule has 37 heavy (non-hydrogen) atoms. The number of pyridine rings is 1. The monoisotopic (exact) mass is 495 g/mol. The van der Waals surface area contributed by atoms with E-state index < -0.39 is 0 Å². The topological polar surface area (TPSA) is 63.5 Å². The molecule has 5 heteroatoms. The highest BCUT2D eigenvalue weighted by Crippen LogP contribution is 2.28. The Morgan fingerprint density at radius 2 is 1.51 bits per heavy atom. The zero-order valence-corrected chi connectivity index (χ0v) is 21.9. The standard InChI is InChI=1S/C32H37N3O2/c1-4-6-8-10-12-14-16-31(36)33-27-20-18-25-22-26-19-21-28(24-30(26)35(3)29(25)23-27)34-32(37)17-15-13-11-9-7-5-2/h1-2,18-24H,6-17H2,3H3,(H,33,36). The molecule has 0 aromatic heterocycles. The fourth-order valence-corrected chi connectivity index (χ4v) is 4.49. The minimum absolute atomic E-state index is 0.0235. The molecule has 0 spiro atoms. The van der Waals surface area contributed by atoms with Crippen molar-refractivity contribution in [1.29, 1.82) is 0 Å². The maximum Gasteiger partial charge on any atom is 0.246 e. The van der Waals surface area contributed by atoms with Gasteiger partial charge in [-0.2, -0.15) is 0 Å². The predicted molar refractivity (Wildman–Crippen MR) is 152 cm³/mol. The highest BCUT2D eigenvalue weighted by Gasteiger charge is 2.11. The van der Waals surface area contributed by atoms with Crippen LogP contribution in [0, 0.1) is 24.7 Å². The van der Waals surface area contributed by atoms with Gasteiger partial charge in [0.2, 0.25) is 11.8 Å². The van der Waals surface area contributed by atoms with Crippen LogP contribution in [0.4, 0.5) is 5.69 Å². The van der Waals surface area contributed by atoms with Gasteiger partial charge in [-0.05, 0) is 67.0 Å². The van der Waals surface area contributed by atoms with Crippen molar-refractivity contribution in [2.45, 2.75) is 77.0 Å². The van der Waals surface area contributed by atoms with Crippen molar-refractivity contribution in [2.75, 3.05) is 5.32 Å². The van der Waals surface area contributed by atoms with Crippen LogP contribution in [0.3, 0.4) is 0 Å². The number of nitrogens with zero attached hydrogens (tertiary/aromatic N) is 2. The fourth-order valence-electron chi connectivity index (χ4n) is 4.49. The van der Waals surface area contributed by atoms with Crippen LogP contribution in [0.15, 0.2) is 47.5 Å². The van der Waals surface area contributed by atoms with Gasteiger partial charge in [0.15, 0.2) is 0 Å². The number of terminal acetylenes is 2. The summed E-state index contributed by atoms with van der Waals surface area (Å²) in [6.45, 7) is 0. The van der Waals surface area contributed by atoms with E-state index in [0.717, 1.165) is 92.1 Å². The molecule has 0 unspecified atom stereocenters. The highest BCUT2D eigenvalue weighted by atomic mass is 16.2. The molecule has 0 fully saturated rings. The van der Waals surface area contributed by atoms with E-state index in [-0.39, 0.29) is 11.8 Å². The second kappa shape index (κ2) is 14.7. The Bertz CT molecular complexity index is 1340. The van der Waals surface area contributed by atoms with Crippen LogP contribution in [0.5, 0.6) is 0 Å². The van der Waals surface area contributed by atoms with E-state index in [2.05, 4.69) is 32.8 Å². The molecule has 1 aromatic rings. The second-order valence-corrected chi connectivity index (χ2v) is 9.51. The molecular weight excluding hydrogens is 458 g/mol. The lowest BCUT2D eigenvalue weighted by atomic mass is 10.0. The second-order valence-electron chi connectivity index (χ2n) is 9.51. The number of anilines is 1. The summed E-state index contributed by atoms with van der Waals surface area (Å²) in [7, 11) is 1.99. The normalized spacial score (nSPS) is 11.4. The van der Waals surface area contributed by atoms with Gasteiger partial charge < -0.3 is 9.88 Å². The number of carbonyl (C=O) groups is 2. The molecule has 5 nitrogen and oxygen atoms in total. The Hall–Kier alpha value is -3.83. The molecule has 1 aliphatic heterocycles. The van der Waals surface area contributed by atoms with Crippen molar-refractivity contribution in [1.82, 2.24) is 4.57 Å². The zero-order chi connectivity index (χ0) is 26.5. The van der Waals surface area contributed by atoms with E-state index >= 15 is 0 Å².